The molecule has 1 N–H and O–H groups in total. The molecule has 0 aliphatic carbocycles. The van der Waals surface area contributed by atoms with Gasteiger partial charge in [-0.1, -0.05) is 29.5 Å². The van der Waals surface area contributed by atoms with Crippen LogP contribution in [-0.4, -0.2) is 70.0 Å². The van der Waals surface area contributed by atoms with Crippen molar-refractivity contribution in [1.29, 1.82) is 0 Å². The smallest absolute Gasteiger partial charge is 0.273 e. The fourth-order valence-corrected chi connectivity index (χ4v) is 3.98. The molecule has 0 bridgehead atoms. The highest BCUT2D eigenvalue weighted by Crippen LogP contribution is 2.18. The molecule has 1 aromatic heterocycles. The summed E-state index contributed by atoms with van der Waals surface area (Å²) in [5, 5.41) is 21.9. The van der Waals surface area contributed by atoms with Crippen LogP contribution in [0.2, 0.25) is 0 Å². The number of carbonyl (C=O) groups is 1. The van der Waals surface area contributed by atoms with E-state index in [0.717, 1.165) is 39.1 Å². The topological polar surface area (TPSA) is 109 Å². The van der Waals surface area contributed by atoms with Crippen molar-refractivity contribution in [1.82, 2.24) is 25.2 Å². The number of nitro groups is 1. The number of nitrogens with one attached hydrogen (secondary N) is 1. The first kappa shape index (κ1) is 22.4. The highest BCUT2D eigenvalue weighted by atomic mass is 16.6. The standard InChI is InChI=1S/C23H27N7O3/c1-18-22(25-26-29(18)20-9-5-10-21(17-20)30(32)33)23(31)24-11-6-12-27-13-15-28(16-14-27)19-7-3-2-4-8-19/h2-5,7-10,17H,6,11-16H2,1H3,(H,24,31). The normalized spacial score (nSPS) is 14.3. The van der Waals surface area contributed by atoms with Crippen LogP contribution in [0.1, 0.15) is 22.6 Å². The zero-order valence-electron chi connectivity index (χ0n) is 18.6. The fraction of sp³-hybridized carbons (Fsp3) is 0.348. The monoisotopic (exact) mass is 449 g/mol. The predicted molar refractivity (Wildman–Crippen MR) is 125 cm³/mol. The molecular weight excluding hydrogens is 422 g/mol. The summed E-state index contributed by atoms with van der Waals surface area (Å²) >= 11 is 0. The Morgan fingerprint density at radius 2 is 1.79 bits per heavy atom. The Labute approximate surface area is 192 Å². The lowest BCUT2D eigenvalue weighted by Gasteiger charge is -2.36. The van der Waals surface area contributed by atoms with Crippen LogP contribution < -0.4 is 10.2 Å². The summed E-state index contributed by atoms with van der Waals surface area (Å²) in [5.41, 5.74) is 2.46. The minimum atomic E-state index is -0.467. The first-order valence-corrected chi connectivity index (χ1v) is 11.0. The van der Waals surface area contributed by atoms with E-state index in [4.69, 9.17) is 0 Å². The number of nitrogens with zero attached hydrogens (tertiary/aromatic N) is 6. The van der Waals surface area contributed by atoms with E-state index in [0.29, 0.717) is 17.9 Å². The van der Waals surface area contributed by atoms with Crippen molar-refractivity contribution in [2.24, 2.45) is 0 Å². The highest BCUT2D eigenvalue weighted by Gasteiger charge is 2.19. The van der Waals surface area contributed by atoms with Crippen molar-refractivity contribution in [3.05, 3.63) is 76.1 Å². The number of anilines is 1. The summed E-state index contributed by atoms with van der Waals surface area (Å²) in [4.78, 5) is 27.9. The number of amides is 1. The Hall–Kier alpha value is -3.79. The Balaban J connectivity index is 1.24. The molecule has 1 aliphatic rings. The van der Waals surface area contributed by atoms with Crippen LogP contribution in [0.4, 0.5) is 11.4 Å². The van der Waals surface area contributed by atoms with Crippen molar-refractivity contribution < 1.29 is 9.72 Å². The number of nitro benzene ring substituents is 1. The molecule has 0 spiro atoms. The molecule has 4 rings (SSSR count). The summed E-state index contributed by atoms with van der Waals surface area (Å²) in [6.45, 7) is 7.18. The van der Waals surface area contributed by atoms with Gasteiger partial charge >= 0.3 is 0 Å². The zero-order chi connectivity index (χ0) is 23.2. The number of para-hydroxylation sites is 1. The Kier molecular flexibility index (Phi) is 6.94. The lowest BCUT2D eigenvalue weighted by Crippen LogP contribution is -2.47. The summed E-state index contributed by atoms with van der Waals surface area (Å²) in [7, 11) is 0. The van der Waals surface area contributed by atoms with Gasteiger partial charge in [-0.05, 0) is 38.1 Å². The molecule has 2 aromatic carbocycles. The average molecular weight is 450 g/mol. The van der Waals surface area contributed by atoms with Gasteiger partial charge in [-0.25, -0.2) is 4.68 Å². The van der Waals surface area contributed by atoms with Crippen LogP contribution >= 0.6 is 0 Å². The second-order valence-corrected chi connectivity index (χ2v) is 7.99. The molecule has 172 valence electrons. The molecule has 1 saturated heterocycles. The number of benzene rings is 2. The third-order valence-corrected chi connectivity index (χ3v) is 5.83. The number of rotatable bonds is 8. The van der Waals surface area contributed by atoms with Gasteiger partial charge in [0.1, 0.15) is 0 Å². The van der Waals surface area contributed by atoms with Crippen LogP contribution in [0.25, 0.3) is 5.69 Å². The van der Waals surface area contributed by atoms with Crippen LogP contribution in [0.15, 0.2) is 54.6 Å². The van der Waals surface area contributed by atoms with Crippen molar-refractivity contribution in [2.75, 3.05) is 44.2 Å². The summed E-state index contributed by atoms with van der Waals surface area (Å²) < 4.78 is 1.44. The lowest BCUT2D eigenvalue weighted by atomic mass is 10.2. The van der Waals surface area contributed by atoms with Gasteiger partial charge in [-0.3, -0.25) is 19.8 Å². The number of non-ortho nitro benzene ring substituents is 1. The molecule has 1 fully saturated rings. The molecule has 1 amide bonds. The third kappa shape index (κ3) is 5.35. The summed E-state index contributed by atoms with van der Waals surface area (Å²) in [6.07, 6.45) is 0.842. The minimum Gasteiger partial charge on any atom is -0.369 e. The van der Waals surface area contributed by atoms with Crippen molar-refractivity contribution in [3.63, 3.8) is 0 Å². The van der Waals surface area contributed by atoms with E-state index in [-0.39, 0.29) is 17.3 Å². The number of carbonyl (C=O) groups excluding carboxylic acids is 1. The molecule has 0 radical (unpaired) electrons. The Morgan fingerprint density at radius 3 is 2.52 bits per heavy atom. The number of aromatic nitrogens is 3. The molecule has 1 aliphatic heterocycles. The van der Waals surface area contributed by atoms with E-state index >= 15 is 0 Å². The van der Waals surface area contributed by atoms with E-state index in [1.807, 2.05) is 6.07 Å². The van der Waals surface area contributed by atoms with Gasteiger partial charge in [-0.2, -0.15) is 0 Å². The summed E-state index contributed by atoms with van der Waals surface area (Å²) in [6, 6.07) is 16.5. The second-order valence-electron chi connectivity index (χ2n) is 7.99. The predicted octanol–water partition coefficient (Wildman–Crippen LogP) is 2.43. The molecular formula is C23H27N7O3. The second kappa shape index (κ2) is 10.2. The van der Waals surface area contributed by atoms with Crippen molar-refractivity contribution in [3.8, 4) is 5.69 Å². The molecule has 10 nitrogen and oxygen atoms in total. The van der Waals surface area contributed by atoms with Crippen molar-refractivity contribution >= 4 is 17.3 Å². The molecule has 2 heterocycles. The van der Waals surface area contributed by atoms with E-state index < -0.39 is 4.92 Å². The van der Waals surface area contributed by atoms with Gasteiger partial charge in [-0.15, -0.1) is 5.10 Å². The number of hydrogen-bond donors (Lipinski definition) is 1. The van der Waals surface area contributed by atoms with E-state index in [1.54, 1.807) is 19.1 Å². The molecule has 33 heavy (non-hydrogen) atoms. The maximum atomic E-state index is 12.6. The minimum absolute atomic E-state index is 0.0435. The Bertz CT molecular complexity index is 1110. The maximum Gasteiger partial charge on any atom is 0.273 e. The van der Waals surface area contributed by atoms with Gasteiger partial charge < -0.3 is 10.2 Å². The summed E-state index contributed by atoms with van der Waals surface area (Å²) in [5.74, 6) is -0.293. The van der Waals surface area contributed by atoms with Crippen molar-refractivity contribution in [2.45, 2.75) is 13.3 Å². The van der Waals surface area contributed by atoms with Gasteiger partial charge in [0.15, 0.2) is 5.69 Å². The molecule has 10 heteroatoms. The van der Waals surface area contributed by atoms with Crippen LogP contribution in [-0.2, 0) is 0 Å². The number of piperazine rings is 1. The number of hydrogen-bond acceptors (Lipinski definition) is 7. The average Bonchev–Trinajstić information content (AvgIpc) is 3.24. The van der Waals surface area contributed by atoms with E-state index in [2.05, 4.69) is 49.7 Å². The zero-order valence-corrected chi connectivity index (χ0v) is 18.6. The van der Waals surface area contributed by atoms with Gasteiger partial charge in [0, 0.05) is 50.5 Å². The van der Waals surface area contributed by atoms with E-state index in [1.165, 1.54) is 22.5 Å². The van der Waals surface area contributed by atoms with Crippen LogP contribution in [0.3, 0.4) is 0 Å². The molecule has 0 unspecified atom stereocenters. The Morgan fingerprint density at radius 1 is 1.06 bits per heavy atom. The SMILES string of the molecule is Cc1c(C(=O)NCCCN2CCN(c3ccccc3)CC2)nnn1-c1cccc([N+](=O)[O-])c1. The van der Waals surface area contributed by atoms with E-state index in [9.17, 15) is 14.9 Å². The van der Waals surface area contributed by atoms with Gasteiger partial charge in [0.25, 0.3) is 11.6 Å². The largest absolute Gasteiger partial charge is 0.369 e. The van der Waals surface area contributed by atoms with Crippen LogP contribution in [0, 0.1) is 17.0 Å². The molecule has 0 saturated carbocycles. The first-order valence-electron chi connectivity index (χ1n) is 11.0. The molecule has 0 atom stereocenters. The highest BCUT2D eigenvalue weighted by molar-refractivity contribution is 5.93. The quantitative estimate of drug-likeness (QED) is 0.319. The molecule has 3 aromatic rings. The first-order chi connectivity index (χ1) is 16.0. The third-order valence-electron chi connectivity index (χ3n) is 5.83. The van der Waals surface area contributed by atoms with Gasteiger partial charge in [0.2, 0.25) is 0 Å². The van der Waals surface area contributed by atoms with Gasteiger partial charge in [0.05, 0.1) is 16.3 Å². The lowest BCUT2D eigenvalue weighted by molar-refractivity contribution is -0.384. The maximum absolute atomic E-state index is 12.6. The van der Waals surface area contributed by atoms with Crippen LogP contribution in [0.5, 0.6) is 0 Å². The fourth-order valence-electron chi connectivity index (χ4n) is 3.98.